The zero-order chi connectivity index (χ0) is 11.8. The lowest BCUT2D eigenvalue weighted by Crippen LogP contribution is -1.91. The normalized spacial score (nSPS) is 11.1. The van der Waals surface area contributed by atoms with Crippen molar-refractivity contribution < 1.29 is 9.59 Å². The largest absolute Gasteiger partial charge is 0.295 e. The molecule has 0 aliphatic heterocycles. The van der Waals surface area contributed by atoms with Crippen molar-refractivity contribution in [2.24, 2.45) is 0 Å². The lowest BCUT2D eigenvalue weighted by atomic mass is 10.2. The van der Waals surface area contributed by atoms with Crippen molar-refractivity contribution in [1.82, 2.24) is 0 Å². The Labute approximate surface area is 95.3 Å². The molecule has 2 heteroatoms. The molecule has 2 nitrogen and oxygen atoms in total. The van der Waals surface area contributed by atoms with Gasteiger partial charge < -0.3 is 0 Å². The molecule has 0 N–H and O–H groups in total. The fourth-order valence-corrected chi connectivity index (χ4v) is 1.09. The van der Waals surface area contributed by atoms with Crippen LogP contribution in [0.4, 0.5) is 0 Å². The van der Waals surface area contributed by atoms with Crippen molar-refractivity contribution in [1.29, 1.82) is 0 Å². The molecule has 16 heavy (non-hydrogen) atoms. The third-order valence-corrected chi connectivity index (χ3v) is 2.02. The van der Waals surface area contributed by atoms with Crippen molar-refractivity contribution in [3.8, 4) is 0 Å². The van der Waals surface area contributed by atoms with Crippen LogP contribution < -0.4 is 0 Å². The van der Waals surface area contributed by atoms with Gasteiger partial charge in [0.25, 0.3) is 0 Å². The van der Waals surface area contributed by atoms with E-state index in [9.17, 15) is 9.59 Å². The maximum absolute atomic E-state index is 11.3. The predicted octanol–water partition coefficient (Wildman–Crippen LogP) is 2.80. The Morgan fingerprint density at radius 1 is 1.06 bits per heavy atom. The zero-order valence-corrected chi connectivity index (χ0v) is 9.22. The highest BCUT2D eigenvalue weighted by Crippen LogP contribution is 2.01. The first-order valence-corrected chi connectivity index (χ1v) is 5.20. The molecule has 0 saturated heterocycles. The highest BCUT2D eigenvalue weighted by atomic mass is 16.1. The van der Waals surface area contributed by atoms with Crippen molar-refractivity contribution >= 4 is 17.6 Å². The second-order valence-electron chi connectivity index (χ2n) is 3.30. The third-order valence-electron chi connectivity index (χ3n) is 2.02. The molecule has 0 saturated carbocycles. The van der Waals surface area contributed by atoms with Crippen LogP contribution in [0.2, 0.25) is 0 Å². The van der Waals surface area contributed by atoms with Crippen LogP contribution in [0.5, 0.6) is 0 Å². The number of hydrogen-bond donors (Lipinski definition) is 0. The van der Waals surface area contributed by atoms with Gasteiger partial charge in [-0.3, -0.25) is 9.59 Å². The Balaban J connectivity index is 2.55. The highest BCUT2D eigenvalue weighted by Gasteiger charge is 1.93. The van der Waals surface area contributed by atoms with Crippen LogP contribution in [0.15, 0.2) is 48.6 Å². The van der Waals surface area contributed by atoms with Gasteiger partial charge in [-0.15, -0.1) is 0 Å². The molecule has 0 bridgehead atoms. The van der Waals surface area contributed by atoms with Crippen LogP contribution in [-0.2, 0) is 9.59 Å². The molecule has 1 rings (SSSR count). The monoisotopic (exact) mass is 214 g/mol. The summed E-state index contributed by atoms with van der Waals surface area (Å²) in [5.74, 6) is -0.216. The van der Waals surface area contributed by atoms with E-state index in [2.05, 4.69) is 0 Å². The first kappa shape index (κ1) is 12.1. The molecule has 82 valence electrons. The summed E-state index contributed by atoms with van der Waals surface area (Å²) in [5.41, 5.74) is 0.964. The van der Waals surface area contributed by atoms with Crippen LogP contribution >= 0.6 is 0 Å². The van der Waals surface area contributed by atoms with Gasteiger partial charge in [0.15, 0.2) is 11.6 Å². The van der Waals surface area contributed by atoms with Crippen LogP contribution in [0, 0.1) is 0 Å². The minimum atomic E-state index is -0.175. The maximum atomic E-state index is 11.3. The molecule has 0 aromatic heterocycles. The second kappa shape index (κ2) is 6.51. The molecule has 1 aromatic rings. The van der Waals surface area contributed by atoms with Gasteiger partial charge in [-0.25, -0.2) is 0 Å². The van der Waals surface area contributed by atoms with Crippen LogP contribution in [0.3, 0.4) is 0 Å². The average molecular weight is 214 g/mol. The standard InChI is InChI=1S/C14H14O2/c1-2-13(15)10-11-14(16)9-8-12-6-4-3-5-7-12/h3-11H,2H2,1H3/b9-8+,11-10?. The number of carbonyl (C=O) groups is 2. The fraction of sp³-hybridized carbons (Fsp3) is 0.143. The maximum Gasteiger partial charge on any atom is 0.178 e. The molecular weight excluding hydrogens is 200 g/mol. The van der Waals surface area contributed by atoms with Crippen LogP contribution in [0.1, 0.15) is 18.9 Å². The molecule has 0 atom stereocenters. The molecule has 0 aliphatic rings. The highest BCUT2D eigenvalue weighted by molar-refractivity contribution is 6.05. The Kier molecular flexibility index (Phi) is 4.93. The summed E-state index contributed by atoms with van der Waals surface area (Å²) in [4.78, 5) is 22.2. The Bertz CT molecular complexity index is 414. The van der Waals surface area contributed by atoms with Crippen LogP contribution in [-0.4, -0.2) is 11.6 Å². The molecule has 0 unspecified atom stereocenters. The number of hydrogen-bond acceptors (Lipinski definition) is 2. The minimum absolute atomic E-state index is 0.0403. The molecular formula is C14H14O2. The van der Waals surface area contributed by atoms with E-state index in [4.69, 9.17) is 0 Å². The Morgan fingerprint density at radius 3 is 2.38 bits per heavy atom. The van der Waals surface area contributed by atoms with E-state index >= 15 is 0 Å². The van der Waals surface area contributed by atoms with Crippen molar-refractivity contribution in [3.63, 3.8) is 0 Å². The smallest absolute Gasteiger partial charge is 0.178 e. The summed E-state index contributed by atoms with van der Waals surface area (Å²) in [6, 6.07) is 9.54. The summed E-state index contributed by atoms with van der Waals surface area (Å²) < 4.78 is 0. The molecule has 0 heterocycles. The van der Waals surface area contributed by atoms with E-state index in [1.807, 2.05) is 30.3 Å². The topological polar surface area (TPSA) is 34.1 Å². The molecule has 0 amide bonds. The van der Waals surface area contributed by atoms with Gasteiger partial charge in [-0.2, -0.15) is 0 Å². The number of carbonyl (C=O) groups excluding carboxylic acids is 2. The van der Waals surface area contributed by atoms with E-state index in [1.165, 1.54) is 18.2 Å². The number of benzene rings is 1. The van der Waals surface area contributed by atoms with Crippen molar-refractivity contribution in [3.05, 3.63) is 54.1 Å². The zero-order valence-electron chi connectivity index (χ0n) is 9.22. The van der Waals surface area contributed by atoms with Crippen molar-refractivity contribution in [2.45, 2.75) is 13.3 Å². The quantitative estimate of drug-likeness (QED) is 0.706. The third kappa shape index (κ3) is 4.51. The van der Waals surface area contributed by atoms with E-state index in [0.29, 0.717) is 6.42 Å². The molecule has 0 spiro atoms. The first-order chi connectivity index (χ1) is 7.72. The molecule has 0 radical (unpaired) electrons. The summed E-state index contributed by atoms with van der Waals surface area (Å²) >= 11 is 0. The summed E-state index contributed by atoms with van der Waals surface area (Å²) in [5, 5.41) is 0. The SMILES string of the molecule is CCC(=O)C=CC(=O)/C=C/c1ccccc1. The number of rotatable bonds is 5. The number of ketones is 2. The van der Waals surface area contributed by atoms with E-state index in [1.54, 1.807) is 13.0 Å². The van der Waals surface area contributed by atoms with Gasteiger partial charge >= 0.3 is 0 Å². The average Bonchev–Trinajstić information content (AvgIpc) is 2.34. The number of allylic oxidation sites excluding steroid dienone is 3. The Morgan fingerprint density at radius 2 is 1.75 bits per heavy atom. The van der Waals surface area contributed by atoms with E-state index in [-0.39, 0.29) is 11.6 Å². The fourth-order valence-electron chi connectivity index (χ4n) is 1.09. The van der Waals surface area contributed by atoms with Gasteiger partial charge in [0.2, 0.25) is 0 Å². The Hall–Kier alpha value is -1.96. The summed E-state index contributed by atoms with van der Waals surface area (Å²) in [7, 11) is 0. The lowest BCUT2D eigenvalue weighted by molar-refractivity contribution is -0.115. The first-order valence-electron chi connectivity index (χ1n) is 5.20. The van der Waals surface area contributed by atoms with Gasteiger partial charge in [0.1, 0.15) is 0 Å². The van der Waals surface area contributed by atoms with E-state index in [0.717, 1.165) is 5.56 Å². The van der Waals surface area contributed by atoms with Gasteiger partial charge in [0.05, 0.1) is 0 Å². The van der Waals surface area contributed by atoms with Gasteiger partial charge in [-0.05, 0) is 23.8 Å². The van der Waals surface area contributed by atoms with Gasteiger partial charge in [0, 0.05) is 6.42 Å². The predicted molar refractivity (Wildman–Crippen MR) is 64.9 cm³/mol. The van der Waals surface area contributed by atoms with Crippen molar-refractivity contribution in [2.75, 3.05) is 0 Å². The molecule has 0 aliphatic carbocycles. The lowest BCUT2D eigenvalue weighted by Gasteiger charge is -1.89. The van der Waals surface area contributed by atoms with Crippen LogP contribution in [0.25, 0.3) is 6.08 Å². The summed E-state index contributed by atoms with van der Waals surface area (Å²) in [6.07, 6.45) is 6.22. The molecule has 1 aromatic carbocycles. The second-order valence-corrected chi connectivity index (χ2v) is 3.30. The summed E-state index contributed by atoms with van der Waals surface area (Å²) in [6.45, 7) is 1.76. The minimum Gasteiger partial charge on any atom is -0.295 e. The van der Waals surface area contributed by atoms with E-state index < -0.39 is 0 Å². The van der Waals surface area contributed by atoms with Gasteiger partial charge in [-0.1, -0.05) is 43.3 Å². The molecule has 0 fully saturated rings.